The maximum absolute atomic E-state index is 12.6. The lowest BCUT2D eigenvalue weighted by Gasteiger charge is -2.17. The summed E-state index contributed by atoms with van der Waals surface area (Å²) in [4.78, 5) is 18.1. The van der Waals surface area contributed by atoms with Gasteiger partial charge in [-0.3, -0.25) is 4.79 Å². The van der Waals surface area contributed by atoms with Gasteiger partial charge in [0.2, 0.25) is 0 Å². The number of H-pyrrole nitrogens is 1. The number of ether oxygens (including phenoxy) is 1. The SMILES string of the molecule is O=c1[nH]c(COCC(F)(F)C(F)F)nc2c1CCCN2. The van der Waals surface area contributed by atoms with E-state index in [1.807, 2.05) is 0 Å². The largest absolute Gasteiger partial charge is 0.370 e. The molecule has 0 atom stereocenters. The Morgan fingerprint density at radius 3 is 2.85 bits per heavy atom. The predicted octanol–water partition coefficient (Wildman–Crippen LogP) is 1.54. The number of aromatic amines is 1. The molecule has 1 aliphatic heterocycles. The van der Waals surface area contributed by atoms with Crippen molar-refractivity contribution in [2.75, 3.05) is 18.5 Å². The summed E-state index contributed by atoms with van der Waals surface area (Å²) < 4.78 is 53.6. The first-order valence-corrected chi connectivity index (χ1v) is 6.00. The van der Waals surface area contributed by atoms with E-state index >= 15 is 0 Å². The van der Waals surface area contributed by atoms with Crippen LogP contribution in [0.15, 0.2) is 4.79 Å². The number of anilines is 1. The number of fused-ring (bicyclic) bond motifs is 1. The highest BCUT2D eigenvalue weighted by atomic mass is 19.3. The van der Waals surface area contributed by atoms with Crippen LogP contribution in [0.5, 0.6) is 0 Å². The normalized spacial score (nSPS) is 15.1. The quantitative estimate of drug-likeness (QED) is 0.809. The fourth-order valence-corrected chi connectivity index (χ4v) is 1.81. The lowest BCUT2D eigenvalue weighted by atomic mass is 10.1. The van der Waals surface area contributed by atoms with E-state index in [0.29, 0.717) is 24.3 Å². The van der Waals surface area contributed by atoms with Gasteiger partial charge in [0, 0.05) is 6.54 Å². The Morgan fingerprint density at radius 1 is 1.40 bits per heavy atom. The average Bonchev–Trinajstić information content (AvgIpc) is 2.38. The van der Waals surface area contributed by atoms with Gasteiger partial charge in [-0.05, 0) is 12.8 Å². The zero-order valence-electron chi connectivity index (χ0n) is 10.4. The molecule has 0 radical (unpaired) electrons. The highest BCUT2D eigenvalue weighted by Gasteiger charge is 2.41. The minimum atomic E-state index is -4.22. The van der Waals surface area contributed by atoms with Gasteiger partial charge in [-0.2, -0.15) is 8.78 Å². The molecule has 0 unspecified atom stereocenters. The van der Waals surface area contributed by atoms with Crippen LogP contribution in [0.25, 0.3) is 0 Å². The highest BCUT2D eigenvalue weighted by molar-refractivity contribution is 5.44. The number of hydrogen-bond acceptors (Lipinski definition) is 4. The molecule has 2 rings (SSSR count). The zero-order valence-corrected chi connectivity index (χ0v) is 10.4. The number of rotatable bonds is 5. The zero-order chi connectivity index (χ0) is 14.8. The molecular weight excluding hydrogens is 282 g/mol. The maximum Gasteiger partial charge on any atom is 0.330 e. The molecule has 0 saturated heterocycles. The molecule has 2 heterocycles. The Balaban J connectivity index is 2.01. The smallest absolute Gasteiger partial charge is 0.330 e. The second-order valence-corrected chi connectivity index (χ2v) is 4.42. The minimum Gasteiger partial charge on any atom is -0.370 e. The molecule has 0 fully saturated rings. The van der Waals surface area contributed by atoms with Gasteiger partial charge >= 0.3 is 12.3 Å². The van der Waals surface area contributed by atoms with Gasteiger partial charge in [0.05, 0.1) is 5.56 Å². The molecule has 0 bridgehead atoms. The van der Waals surface area contributed by atoms with Crippen molar-refractivity contribution in [3.63, 3.8) is 0 Å². The van der Waals surface area contributed by atoms with E-state index in [1.54, 1.807) is 0 Å². The van der Waals surface area contributed by atoms with E-state index in [2.05, 4.69) is 20.0 Å². The van der Waals surface area contributed by atoms with Crippen molar-refractivity contribution in [2.45, 2.75) is 31.8 Å². The van der Waals surface area contributed by atoms with Gasteiger partial charge in [-0.25, -0.2) is 13.8 Å². The van der Waals surface area contributed by atoms with Gasteiger partial charge < -0.3 is 15.0 Å². The lowest BCUT2D eigenvalue weighted by Crippen LogP contribution is -2.32. The van der Waals surface area contributed by atoms with E-state index < -0.39 is 25.6 Å². The topological polar surface area (TPSA) is 67.0 Å². The summed E-state index contributed by atoms with van der Waals surface area (Å²) in [6.45, 7) is -1.24. The van der Waals surface area contributed by atoms with Crippen LogP contribution in [-0.2, 0) is 17.8 Å². The van der Waals surface area contributed by atoms with E-state index in [-0.39, 0.29) is 11.4 Å². The van der Waals surface area contributed by atoms with Crippen molar-refractivity contribution in [1.29, 1.82) is 0 Å². The van der Waals surface area contributed by atoms with Crippen LogP contribution in [0, 0.1) is 0 Å². The van der Waals surface area contributed by atoms with Crippen LogP contribution in [0.1, 0.15) is 17.8 Å². The van der Waals surface area contributed by atoms with E-state index in [4.69, 9.17) is 0 Å². The van der Waals surface area contributed by atoms with Crippen LogP contribution in [0.2, 0.25) is 0 Å². The molecule has 0 spiro atoms. The molecule has 0 amide bonds. The van der Waals surface area contributed by atoms with Crippen molar-refractivity contribution in [2.24, 2.45) is 0 Å². The molecule has 0 aliphatic carbocycles. The second kappa shape index (κ2) is 5.78. The maximum atomic E-state index is 12.6. The Hall–Kier alpha value is -1.64. The summed E-state index contributed by atoms with van der Waals surface area (Å²) in [5, 5.41) is 2.91. The fourth-order valence-electron chi connectivity index (χ4n) is 1.81. The van der Waals surface area contributed by atoms with Crippen molar-refractivity contribution in [3.8, 4) is 0 Å². The molecule has 20 heavy (non-hydrogen) atoms. The third kappa shape index (κ3) is 3.27. The monoisotopic (exact) mass is 295 g/mol. The summed E-state index contributed by atoms with van der Waals surface area (Å²) in [6.07, 6.45) is -2.41. The van der Waals surface area contributed by atoms with E-state index in [0.717, 1.165) is 6.42 Å². The Morgan fingerprint density at radius 2 is 2.15 bits per heavy atom. The Bertz CT molecular complexity index is 533. The first kappa shape index (κ1) is 14.8. The molecule has 1 aromatic heterocycles. The summed E-state index contributed by atoms with van der Waals surface area (Å²) in [7, 11) is 0. The third-order valence-electron chi connectivity index (χ3n) is 2.81. The van der Waals surface area contributed by atoms with Crippen molar-refractivity contribution in [1.82, 2.24) is 9.97 Å². The molecule has 5 nitrogen and oxygen atoms in total. The van der Waals surface area contributed by atoms with Crippen LogP contribution >= 0.6 is 0 Å². The Labute approximate surface area is 111 Å². The van der Waals surface area contributed by atoms with Gasteiger partial charge in [0.25, 0.3) is 5.56 Å². The summed E-state index contributed by atoms with van der Waals surface area (Å²) in [5.41, 5.74) is 0.124. The van der Waals surface area contributed by atoms with E-state index in [9.17, 15) is 22.4 Å². The fraction of sp³-hybridized carbons (Fsp3) is 0.636. The first-order chi connectivity index (χ1) is 9.40. The van der Waals surface area contributed by atoms with Gasteiger partial charge in [0.15, 0.2) is 0 Å². The molecular formula is C11H13F4N3O2. The molecule has 9 heteroatoms. The minimum absolute atomic E-state index is 0.0215. The summed E-state index contributed by atoms with van der Waals surface area (Å²) in [5.74, 6) is -3.81. The molecule has 2 N–H and O–H groups in total. The van der Waals surface area contributed by atoms with E-state index in [1.165, 1.54) is 0 Å². The average molecular weight is 295 g/mol. The number of nitrogens with zero attached hydrogens (tertiary/aromatic N) is 1. The summed E-state index contributed by atoms with van der Waals surface area (Å²) >= 11 is 0. The van der Waals surface area contributed by atoms with Gasteiger partial charge in [0.1, 0.15) is 24.9 Å². The van der Waals surface area contributed by atoms with Gasteiger partial charge in [-0.1, -0.05) is 0 Å². The predicted molar refractivity (Wildman–Crippen MR) is 62.3 cm³/mol. The van der Waals surface area contributed by atoms with Gasteiger partial charge in [-0.15, -0.1) is 0 Å². The number of halogens is 4. The van der Waals surface area contributed by atoms with Crippen molar-refractivity contribution < 1.29 is 22.3 Å². The van der Waals surface area contributed by atoms with Crippen LogP contribution in [0.4, 0.5) is 23.4 Å². The number of aromatic nitrogens is 2. The molecule has 0 aromatic carbocycles. The number of nitrogens with one attached hydrogen (secondary N) is 2. The molecule has 112 valence electrons. The highest BCUT2D eigenvalue weighted by Crippen LogP contribution is 2.23. The molecule has 0 saturated carbocycles. The van der Waals surface area contributed by atoms with Crippen LogP contribution < -0.4 is 10.9 Å². The third-order valence-corrected chi connectivity index (χ3v) is 2.81. The molecule has 1 aliphatic rings. The lowest BCUT2D eigenvalue weighted by molar-refractivity contribution is -0.168. The van der Waals surface area contributed by atoms with Crippen LogP contribution in [0.3, 0.4) is 0 Å². The first-order valence-electron chi connectivity index (χ1n) is 6.00. The summed E-state index contributed by atoms with van der Waals surface area (Å²) in [6, 6.07) is 0. The number of hydrogen-bond donors (Lipinski definition) is 2. The Kier molecular flexibility index (Phi) is 4.26. The van der Waals surface area contributed by atoms with Crippen LogP contribution in [-0.4, -0.2) is 35.5 Å². The standard InChI is InChI=1S/C11H13F4N3O2/c12-10(13)11(14,15)5-20-4-7-17-8-6(9(19)18-7)2-1-3-16-8/h10H,1-5H2,(H2,16,17,18,19). The molecule has 1 aromatic rings. The number of alkyl halides is 4. The van der Waals surface area contributed by atoms with Crippen molar-refractivity contribution >= 4 is 5.82 Å². The van der Waals surface area contributed by atoms with Crippen molar-refractivity contribution in [3.05, 3.63) is 21.7 Å². The second-order valence-electron chi connectivity index (χ2n) is 4.42.